The Labute approximate surface area is 140 Å². The average Bonchev–Trinajstić information content (AvgIpc) is 3.30. The van der Waals surface area contributed by atoms with Gasteiger partial charge in [0.15, 0.2) is 0 Å². The van der Waals surface area contributed by atoms with Crippen molar-refractivity contribution in [1.29, 1.82) is 0 Å². The van der Waals surface area contributed by atoms with E-state index in [1.54, 1.807) is 6.07 Å². The summed E-state index contributed by atoms with van der Waals surface area (Å²) in [5.41, 5.74) is 15.6. The van der Waals surface area contributed by atoms with Crippen LogP contribution in [0.1, 0.15) is 37.7 Å². The number of halogens is 2. The summed E-state index contributed by atoms with van der Waals surface area (Å²) < 4.78 is 0. The number of benzene rings is 1. The lowest BCUT2D eigenvalue weighted by molar-refractivity contribution is 0.586. The molecule has 22 heavy (non-hydrogen) atoms. The zero-order valence-corrected chi connectivity index (χ0v) is 14.0. The second-order valence-corrected chi connectivity index (χ2v) is 6.71. The molecule has 116 valence electrons. The molecule has 1 aliphatic rings. The molecule has 1 atom stereocenters. The lowest BCUT2D eigenvalue weighted by Crippen LogP contribution is -2.08. The smallest absolute Gasteiger partial charge is 0.147 e. The van der Waals surface area contributed by atoms with Crippen LogP contribution in [0, 0.1) is 5.92 Å². The molecule has 2 aromatic rings. The number of nitrogens with two attached hydrogens (primary N) is 2. The Kier molecular flexibility index (Phi) is 4.20. The number of nitrogen functional groups attached to an aromatic ring is 2. The van der Waals surface area contributed by atoms with Crippen LogP contribution in [0.2, 0.25) is 10.0 Å². The highest BCUT2D eigenvalue weighted by atomic mass is 35.5. The van der Waals surface area contributed by atoms with E-state index in [0.29, 0.717) is 33.4 Å². The summed E-state index contributed by atoms with van der Waals surface area (Å²) in [6.07, 6.45) is 5.43. The van der Waals surface area contributed by atoms with Crippen LogP contribution in [0.4, 0.5) is 11.5 Å². The average molecular weight is 336 g/mol. The van der Waals surface area contributed by atoms with Crippen LogP contribution in [0.3, 0.4) is 0 Å². The zero-order valence-electron chi connectivity index (χ0n) is 12.4. The number of pyridine rings is 1. The normalized spacial score (nSPS) is 15.8. The summed E-state index contributed by atoms with van der Waals surface area (Å²) in [4.78, 5) is 4.27. The number of anilines is 2. The van der Waals surface area contributed by atoms with Crippen molar-refractivity contribution < 1.29 is 0 Å². The fourth-order valence-corrected chi connectivity index (χ4v) is 3.64. The molecule has 1 fully saturated rings. The number of aromatic nitrogens is 1. The van der Waals surface area contributed by atoms with Gasteiger partial charge >= 0.3 is 0 Å². The Balaban J connectivity index is 2.21. The van der Waals surface area contributed by atoms with Crippen molar-refractivity contribution in [2.75, 3.05) is 11.5 Å². The van der Waals surface area contributed by atoms with Crippen molar-refractivity contribution in [3.8, 4) is 11.1 Å². The van der Waals surface area contributed by atoms with E-state index in [-0.39, 0.29) is 0 Å². The first-order valence-corrected chi connectivity index (χ1v) is 8.27. The zero-order chi connectivity index (χ0) is 15.9. The maximum Gasteiger partial charge on any atom is 0.147 e. The first-order chi connectivity index (χ1) is 10.5. The van der Waals surface area contributed by atoms with Gasteiger partial charge in [-0.1, -0.05) is 36.2 Å². The molecule has 4 N–H and O–H groups in total. The summed E-state index contributed by atoms with van der Waals surface area (Å²) in [6.45, 7) is 2.20. The monoisotopic (exact) mass is 335 g/mol. The van der Waals surface area contributed by atoms with Crippen LogP contribution in [0.5, 0.6) is 0 Å². The van der Waals surface area contributed by atoms with Gasteiger partial charge in [-0.15, -0.1) is 0 Å². The van der Waals surface area contributed by atoms with Crippen molar-refractivity contribution in [1.82, 2.24) is 4.98 Å². The molecule has 0 bridgehead atoms. The maximum absolute atomic E-state index is 6.40. The lowest BCUT2D eigenvalue weighted by atomic mass is 9.86. The maximum atomic E-state index is 6.40. The van der Waals surface area contributed by atoms with E-state index in [2.05, 4.69) is 11.9 Å². The van der Waals surface area contributed by atoms with Crippen LogP contribution >= 0.6 is 23.2 Å². The van der Waals surface area contributed by atoms with Crippen LogP contribution < -0.4 is 11.5 Å². The van der Waals surface area contributed by atoms with Crippen LogP contribution in [0.15, 0.2) is 24.4 Å². The predicted molar refractivity (Wildman–Crippen MR) is 94.3 cm³/mol. The molecule has 0 spiro atoms. The fraction of sp³-hybridized carbons (Fsp3) is 0.353. The van der Waals surface area contributed by atoms with Gasteiger partial charge in [-0.05, 0) is 48.8 Å². The quantitative estimate of drug-likeness (QED) is 0.814. The van der Waals surface area contributed by atoms with Gasteiger partial charge in [-0.3, -0.25) is 0 Å². The molecule has 1 unspecified atom stereocenters. The van der Waals surface area contributed by atoms with E-state index >= 15 is 0 Å². The summed E-state index contributed by atoms with van der Waals surface area (Å²) in [7, 11) is 0. The highest BCUT2D eigenvalue weighted by molar-refractivity contribution is 6.36. The largest absolute Gasteiger partial charge is 0.395 e. The molecule has 3 nitrogen and oxygen atoms in total. The SMILES string of the molecule is CCC(c1cnc(N)c(N)c1-c1ccc(Cl)cc1Cl)C1CC1. The van der Waals surface area contributed by atoms with Gasteiger partial charge in [0.25, 0.3) is 0 Å². The van der Waals surface area contributed by atoms with E-state index in [1.807, 2.05) is 18.3 Å². The first kappa shape index (κ1) is 15.4. The number of rotatable bonds is 4. The van der Waals surface area contributed by atoms with Gasteiger partial charge in [0, 0.05) is 27.4 Å². The highest BCUT2D eigenvalue weighted by Gasteiger charge is 2.33. The molecule has 1 heterocycles. The van der Waals surface area contributed by atoms with Crippen molar-refractivity contribution >= 4 is 34.7 Å². The Morgan fingerprint density at radius 3 is 2.59 bits per heavy atom. The molecular formula is C17H19Cl2N3. The summed E-state index contributed by atoms with van der Waals surface area (Å²) in [5.74, 6) is 1.49. The predicted octanol–water partition coefficient (Wildman–Crippen LogP) is 5.12. The number of nitrogens with zero attached hydrogens (tertiary/aromatic N) is 1. The minimum absolute atomic E-state index is 0.343. The minimum atomic E-state index is 0.343. The van der Waals surface area contributed by atoms with Gasteiger partial charge in [0.2, 0.25) is 0 Å². The van der Waals surface area contributed by atoms with Gasteiger partial charge in [-0.2, -0.15) is 0 Å². The first-order valence-electron chi connectivity index (χ1n) is 7.52. The lowest BCUT2D eigenvalue weighted by Gasteiger charge is -2.21. The molecule has 0 aliphatic heterocycles. The van der Waals surface area contributed by atoms with Gasteiger partial charge < -0.3 is 11.5 Å². The topological polar surface area (TPSA) is 64.9 Å². The van der Waals surface area contributed by atoms with Gasteiger partial charge in [0.1, 0.15) is 5.82 Å². The van der Waals surface area contributed by atoms with Crippen molar-refractivity contribution in [3.63, 3.8) is 0 Å². The molecule has 1 aromatic heterocycles. The van der Waals surface area contributed by atoms with Gasteiger partial charge in [-0.25, -0.2) is 4.98 Å². The van der Waals surface area contributed by atoms with E-state index in [9.17, 15) is 0 Å². The summed E-state index contributed by atoms with van der Waals surface area (Å²) in [6, 6.07) is 5.45. The molecule has 1 saturated carbocycles. The molecule has 3 rings (SSSR count). The van der Waals surface area contributed by atoms with Crippen molar-refractivity contribution in [2.24, 2.45) is 5.92 Å². The third-order valence-electron chi connectivity index (χ3n) is 4.41. The molecule has 1 aliphatic carbocycles. The standard InChI is InChI=1S/C17H19Cl2N3/c1-2-11(9-3-4-9)13-8-22-17(21)16(20)15(13)12-6-5-10(18)7-14(12)19/h5-9,11H,2-4,20H2,1H3,(H2,21,22). The van der Waals surface area contributed by atoms with Crippen LogP contribution in [-0.4, -0.2) is 4.98 Å². The molecular weight excluding hydrogens is 317 g/mol. The molecule has 5 heteroatoms. The number of hydrogen-bond acceptors (Lipinski definition) is 3. The molecule has 0 saturated heterocycles. The van der Waals surface area contributed by atoms with Gasteiger partial charge in [0.05, 0.1) is 5.69 Å². The molecule has 1 aromatic carbocycles. The summed E-state index contributed by atoms with van der Waals surface area (Å²) in [5, 5.41) is 1.18. The highest BCUT2D eigenvalue weighted by Crippen LogP contribution is 2.49. The molecule has 0 radical (unpaired) electrons. The summed E-state index contributed by atoms with van der Waals surface area (Å²) >= 11 is 12.4. The van der Waals surface area contributed by atoms with Crippen molar-refractivity contribution in [3.05, 3.63) is 40.0 Å². The van der Waals surface area contributed by atoms with E-state index < -0.39 is 0 Å². The van der Waals surface area contributed by atoms with E-state index in [4.69, 9.17) is 34.7 Å². The van der Waals surface area contributed by atoms with E-state index in [1.165, 1.54) is 12.8 Å². The number of hydrogen-bond donors (Lipinski definition) is 2. The fourth-order valence-electron chi connectivity index (χ4n) is 3.14. The minimum Gasteiger partial charge on any atom is -0.395 e. The van der Waals surface area contributed by atoms with Crippen molar-refractivity contribution in [2.45, 2.75) is 32.1 Å². The second-order valence-electron chi connectivity index (χ2n) is 5.86. The molecule has 0 amide bonds. The Morgan fingerprint density at radius 1 is 1.27 bits per heavy atom. The van der Waals surface area contributed by atoms with Crippen LogP contribution in [-0.2, 0) is 0 Å². The second kappa shape index (κ2) is 5.98. The third kappa shape index (κ3) is 2.75. The Hall–Kier alpha value is -1.45. The van der Waals surface area contributed by atoms with E-state index in [0.717, 1.165) is 23.1 Å². The Bertz CT molecular complexity index is 711. The van der Waals surface area contributed by atoms with Crippen LogP contribution in [0.25, 0.3) is 11.1 Å². The Morgan fingerprint density at radius 2 is 2.00 bits per heavy atom. The third-order valence-corrected chi connectivity index (χ3v) is 4.96.